The number of nitrogens with one attached hydrogen (secondary N) is 4. The van der Waals surface area contributed by atoms with Crippen molar-refractivity contribution in [1.29, 1.82) is 0 Å². The van der Waals surface area contributed by atoms with Crippen LogP contribution in [-0.2, 0) is 13.1 Å². The SMILES string of the molecule is CCC[n+]1cccc(NC(=O)c2ccc(NC(=O)c3ccc(C(=O)Nc4ccc(C(=O)Nc5ccc[n+](CCC)c5)c(N)c4)cc3)cc2N)c1. The van der Waals surface area contributed by atoms with Gasteiger partial charge in [-0.25, -0.2) is 9.13 Å². The van der Waals surface area contributed by atoms with Crippen LogP contribution in [0.1, 0.15) is 68.1 Å². The minimum Gasteiger partial charge on any atom is -0.398 e. The first kappa shape index (κ1) is 34.8. The molecule has 0 fully saturated rings. The molecule has 12 nitrogen and oxygen atoms in total. The number of hydrogen-bond acceptors (Lipinski definition) is 6. The molecule has 2 aromatic heterocycles. The van der Waals surface area contributed by atoms with Crippen molar-refractivity contribution in [1.82, 2.24) is 0 Å². The lowest BCUT2D eigenvalue weighted by Gasteiger charge is -2.11. The lowest BCUT2D eigenvalue weighted by molar-refractivity contribution is -0.696. The minimum atomic E-state index is -0.421. The lowest BCUT2D eigenvalue weighted by Crippen LogP contribution is -2.33. The van der Waals surface area contributed by atoms with Gasteiger partial charge in [0.1, 0.15) is 24.5 Å². The fraction of sp³-hybridized carbons (Fsp3) is 0.158. The highest BCUT2D eigenvalue weighted by Crippen LogP contribution is 2.22. The summed E-state index contributed by atoms with van der Waals surface area (Å²) >= 11 is 0. The Balaban J connectivity index is 1.16. The number of benzene rings is 3. The van der Waals surface area contributed by atoms with E-state index >= 15 is 0 Å². The summed E-state index contributed by atoms with van der Waals surface area (Å²) in [7, 11) is 0. The topological polar surface area (TPSA) is 176 Å². The van der Waals surface area contributed by atoms with Crippen LogP contribution >= 0.6 is 0 Å². The number of rotatable bonds is 12. The van der Waals surface area contributed by atoms with Crippen molar-refractivity contribution in [2.45, 2.75) is 39.8 Å². The normalized spacial score (nSPS) is 10.6. The van der Waals surface area contributed by atoms with E-state index in [9.17, 15) is 19.2 Å². The van der Waals surface area contributed by atoms with Crippen LogP contribution in [0.4, 0.5) is 34.1 Å². The van der Waals surface area contributed by atoms with Crippen LogP contribution in [-0.4, -0.2) is 23.6 Å². The van der Waals surface area contributed by atoms with E-state index in [1.54, 1.807) is 36.4 Å². The highest BCUT2D eigenvalue weighted by Gasteiger charge is 2.16. The van der Waals surface area contributed by atoms with Gasteiger partial charge >= 0.3 is 0 Å². The molecule has 2 heterocycles. The third-order valence-electron chi connectivity index (χ3n) is 7.71. The van der Waals surface area contributed by atoms with Crippen molar-refractivity contribution in [2.75, 3.05) is 32.7 Å². The van der Waals surface area contributed by atoms with Crippen LogP contribution in [0.5, 0.6) is 0 Å². The molecule has 0 saturated heterocycles. The molecule has 0 bridgehead atoms. The lowest BCUT2D eigenvalue weighted by atomic mass is 10.1. The highest BCUT2D eigenvalue weighted by molar-refractivity contribution is 6.11. The molecule has 0 atom stereocenters. The monoisotopic (exact) mass is 672 g/mol. The van der Waals surface area contributed by atoms with Gasteiger partial charge in [0.15, 0.2) is 24.8 Å². The van der Waals surface area contributed by atoms with Crippen molar-refractivity contribution >= 4 is 57.8 Å². The first-order valence-corrected chi connectivity index (χ1v) is 16.3. The van der Waals surface area contributed by atoms with E-state index < -0.39 is 11.8 Å². The highest BCUT2D eigenvalue weighted by atomic mass is 16.2. The summed E-state index contributed by atoms with van der Waals surface area (Å²) in [5.41, 5.74) is 16.0. The zero-order valence-corrected chi connectivity index (χ0v) is 27.9. The quantitative estimate of drug-likeness (QED) is 0.0779. The summed E-state index contributed by atoms with van der Waals surface area (Å²) in [4.78, 5) is 51.6. The predicted molar refractivity (Wildman–Crippen MR) is 194 cm³/mol. The zero-order valence-electron chi connectivity index (χ0n) is 27.9. The number of pyridine rings is 2. The standard InChI is InChI=1S/C38H38N8O4/c1-3-17-45-19-5-7-29(23-45)43-37(49)31-15-13-27(21-33(31)39)41-35(47)25-9-11-26(12-10-25)36(48)42-28-14-16-32(34(40)22-28)38(50)44-30-8-6-20-46(24-30)18-4-2/h5-16,19-24H,3-4,17-18H2,1-2H3,(H6-2,39,40,41,42,43,44,47,48,49,50)/p+2. The molecular formula is C38H40N8O4+2. The Morgan fingerprint density at radius 2 is 0.900 bits per heavy atom. The van der Waals surface area contributed by atoms with Crippen LogP contribution < -0.4 is 41.9 Å². The first-order valence-electron chi connectivity index (χ1n) is 16.3. The number of amides is 4. The molecule has 12 heteroatoms. The number of hydrogen-bond donors (Lipinski definition) is 6. The first-order chi connectivity index (χ1) is 24.1. The Hall–Kier alpha value is -6.56. The Morgan fingerprint density at radius 3 is 1.26 bits per heavy atom. The molecule has 5 rings (SSSR count). The molecule has 0 aliphatic heterocycles. The minimum absolute atomic E-state index is 0.204. The van der Waals surface area contributed by atoms with E-state index in [4.69, 9.17) is 11.5 Å². The van der Waals surface area contributed by atoms with Gasteiger partial charge in [-0.2, -0.15) is 0 Å². The van der Waals surface area contributed by atoms with Gasteiger partial charge in [-0.1, -0.05) is 13.8 Å². The second-order valence-corrected chi connectivity index (χ2v) is 11.7. The maximum Gasteiger partial charge on any atom is 0.257 e. The van der Waals surface area contributed by atoms with Gasteiger partial charge < -0.3 is 32.7 Å². The van der Waals surface area contributed by atoms with E-state index in [-0.39, 0.29) is 34.3 Å². The predicted octanol–water partition coefficient (Wildman–Crippen LogP) is 5.26. The van der Waals surface area contributed by atoms with Crippen LogP contribution in [0.15, 0.2) is 110 Å². The Labute approximate surface area is 290 Å². The van der Waals surface area contributed by atoms with Crippen LogP contribution in [0, 0.1) is 0 Å². The number of nitrogens with zero attached hydrogens (tertiary/aromatic N) is 2. The molecule has 0 unspecified atom stereocenters. The molecule has 0 aliphatic carbocycles. The summed E-state index contributed by atoms with van der Waals surface area (Å²) in [6.07, 6.45) is 9.50. The van der Waals surface area contributed by atoms with Crippen LogP contribution in [0.25, 0.3) is 0 Å². The fourth-order valence-corrected chi connectivity index (χ4v) is 5.26. The number of nitrogen functional groups attached to an aromatic ring is 2. The molecule has 4 amide bonds. The molecule has 254 valence electrons. The number of carbonyl (C=O) groups is 4. The third-order valence-corrected chi connectivity index (χ3v) is 7.71. The van der Waals surface area contributed by atoms with E-state index in [0.29, 0.717) is 33.9 Å². The smallest absolute Gasteiger partial charge is 0.257 e. The Morgan fingerprint density at radius 1 is 0.520 bits per heavy atom. The number of anilines is 6. The number of aryl methyl sites for hydroxylation is 2. The average Bonchev–Trinajstić information content (AvgIpc) is 3.09. The molecule has 8 N–H and O–H groups in total. The molecule has 0 saturated carbocycles. The summed E-state index contributed by atoms with van der Waals surface area (Å²) in [5.74, 6) is -1.57. The third kappa shape index (κ3) is 8.86. The molecular weight excluding hydrogens is 632 g/mol. The summed E-state index contributed by atoms with van der Waals surface area (Å²) < 4.78 is 3.98. The van der Waals surface area contributed by atoms with Gasteiger partial charge in [0, 0.05) is 58.9 Å². The van der Waals surface area contributed by atoms with E-state index in [1.165, 1.54) is 36.4 Å². The van der Waals surface area contributed by atoms with Crippen molar-refractivity contribution in [3.63, 3.8) is 0 Å². The van der Waals surface area contributed by atoms with Gasteiger partial charge in [0.05, 0.1) is 11.1 Å². The average molecular weight is 673 g/mol. The molecule has 0 radical (unpaired) electrons. The van der Waals surface area contributed by atoms with E-state index in [1.807, 2.05) is 46.1 Å². The van der Waals surface area contributed by atoms with Gasteiger partial charge in [-0.3, -0.25) is 19.2 Å². The van der Waals surface area contributed by atoms with Gasteiger partial charge in [0.2, 0.25) is 0 Å². The molecule has 5 aromatic rings. The zero-order chi connectivity index (χ0) is 35.6. The van der Waals surface area contributed by atoms with E-state index in [0.717, 1.165) is 25.9 Å². The summed E-state index contributed by atoms with van der Waals surface area (Å²) in [6, 6.07) is 22.7. The largest absolute Gasteiger partial charge is 0.398 e. The van der Waals surface area contributed by atoms with Crippen molar-refractivity contribution in [3.8, 4) is 0 Å². The van der Waals surface area contributed by atoms with Gasteiger partial charge in [0.25, 0.3) is 23.6 Å². The number of aromatic nitrogens is 2. The second kappa shape index (κ2) is 16.0. The maximum absolute atomic E-state index is 12.9. The Kier molecular flexibility index (Phi) is 11.1. The number of carbonyl (C=O) groups excluding carboxylic acids is 4. The molecule has 50 heavy (non-hydrogen) atoms. The van der Waals surface area contributed by atoms with Gasteiger partial charge in [-0.05, 0) is 72.8 Å². The molecule has 0 spiro atoms. The van der Waals surface area contributed by atoms with Crippen LogP contribution in [0.3, 0.4) is 0 Å². The van der Waals surface area contributed by atoms with Crippen molar-refractivity contribution in [3.05, 3.63) is 132 Å². The molecule has 3 aromatic carbocycles. The van der Waals surface area contributed by atoms with Crippen LogP contribution in [0.2, 0.25) is 0 Å². The fourth-order valence-electron chi connectivity index (χ4n) is 5.26. The van der Waals surface area contributed by atoms with E-state index in [2.05, 4.69) is 35.1 Å². The summed E-state index contributed by atoms with van der Waals surface area (Å²) in [5, 5.41) is 11.2. The van der Waals surface area contributed by atoms with Crippen molar-refractivity contribution < 1.29 is 28.3 Å². The molecule has 0 aliphatic rings. The maximum atomic E-state index is 12.9. The summed E-state index contributed by atoms with van der Waals surface area (Å²) in [6.45, 7) is 5.81. The van der Waals surface area contributed by atoms with Crippen molar-refractivity contribution in [2.24, 2.45) is 0 Å². The second-order valence-electron chi connectivity index (χ2n) is 11.7. The van der Waals surface area contributed by atoms with Gasteiger partial charge in [-0.15, -0.1) is 0 Å². The Bertz CT molecular complexity index is 1900. The number of nitrogens with two attached hydrogens (primary N) is 2.